The molecule has 1 aromatic rings. The smallest absolute Gasteiger partial charge is 0.190 e. The van der Waals surface area contributed by atoms with Gasteiger partial charge >= 0.3 is 0 Å². The molecule has 0 aliphatic heterocycles. The van der Waals surface area contributed by atoms with E-state index in [0.717, 1.165) is 30.2 Å². The van der Waals surface area contributed by atoms with Gasteiger partial charge in [-0.3, -0.25) is 0 Å². The van der Waals surface area contributed by atoms with Gasteiger partial charge < -0.3 is 4.74 Å². The molecular weight excluding hydrogens is 354 g/mol. The number of hydrogen-bond donors (Lipinski definition) is 0. The van der Waals surface area contributed by atoms with Crippen molar-refractivity contribution in [3.63, 3.8) is 0 Å². The molecule has 0 amide bonds. The van der Waals surface area contributed by atoms with Crippen LogP contribution in [0.25, 0.3) is 0 Å². The van der Waals surface area contributed by atoms with Crippen molar-refractivity contribution in [1.29, 1.82) is 0 Å². The molecule has 2 saturated carbocycles. The van der Waals surface area contributed by atoms with Gasteiger partial charge in [-0.25, -0.2) is 8.78 Å². The summed E-state index contributed by atoms with van der Waals surface area (Å²) in [5.74, 6) is 1.10. The summed E-state index contributed by atoms with van der Waals surface area (Å²) in [5, 5.41) is 0. The first kappa shape index (κ1) is 19.7. The molecule has 2 aliphatic rings. The fourth-order valence-corrected chi connectivity index (χ4v) is 5.14. The van der Waals surface area contributed by atoms with Crippen molar-refractivity contribution in [2.75, 3.05) is 6.61 Å². The Labute approximate surface area is 160 Å². The standard InChI is InChI=1S/C22H29ClF2O/c1-2-26-22-20(24)13-19(14-21(22)25)18-9-7-17(8-10-18)16-5-3-15(4-6-16)11-12-23/h11-18H,2-10H2,1H3/b12-11+/t15-,16-,17?,18?. The first-order valence-electron chi connectivity index (χ1n) is 10.0. The number of hydrogen-bond acceptors (Lipinski definition) is 1. The van der Waals surface area contributed by atoms with Crippen LogP contribution in [0.3, 0.4) is 0 Å². The lowest BCUT2D eigenvalue weighted by Gasteiger charge is -2.37. The van der Waals surface area contributed by atoms with E-state index < -0.39 is 11.6 Å². The highest BCUT2D eigenvalue weighted by Crippen LogP contribution is 2.44. The van der Waals surface area contributed by atoms with Gasteiger partial charge in [-0.05, 0) is 99.7 Å². The Balaban J connectivity index is 1.56. The van der Waals surface area contributed by atoms with Gasteiger partial charge in [0.25, 0.3) is 0 Å². The van der Waals surface area contributed by atoms with Gasteiger partial charge in [0.2, 0.25) is 0 Å². The lowest BCUT2D eigenvalue weighted by atomic mass is 9.68. The summed E-state index contributed by atoms with van der Waals surface area (Å²) in [4.78, 5) is 0. The summed E-state index contributed by atoms with van der Waals surface area (Å²) in [7, 11) is 0. The molecule has 4 heteroatoms. The van der Waals surface area contributed by atoms with Crippen LogP contribution in [0, 0.1) is 29.4 Å². The second-order valence-corrected chi connectivity index (χ2v) is 8.10. The molecule has 0 aromatic heterocycles. The molecule has 0 heterocycles. The van der Waals surface area contributed by atoms with Crippen LogP contribution in [0.5, 0.6) is 5.75 Å². The molecule has 1 aromatic carbocycles. The molecule has 0 radical (unpaired) electrons. The average molecular weight is 383 g/mol. The van der Waals surface area contributed by atoms with Gasteiger partial charge in [0, 0.05) is 5.54 Å². The minimum Gasteiger partial charge on any atom is -0.488 e. The van der Waals surface area contributed by atoms with E-state index in [4.69, 9.17) is 16.3 Å². The molecule has 26 heavy (non-hydrogen) atoms. The second kappa shape index (κ2) is 9.21. The maximum Gasteiger partial charge on any atom is 0.190 e. The Morgan fingerprint density at radius 3 is 2.00 bits per heavy atom. The molecule has 3 rings (SSSR count). The minimum absolute atomic E-state index is 0.243. The predicted molar refractivity (Wildman–Crippen MR) is 103 cm³/mol. The Morgan fingerprint density at radius 1 is 0.962 bits per heavy atom. The molecule has 0 unspecified atom stereocenters. The Bertz CT molecular complexity index is 592. The van der Waals surface area contributed by atoms with Gasteiger partial charge in [0.15, 0.2) is 17.4 Å². The van der Waals surface area contributed by atoms with Crippen molar-refractivity contribution in [3.8, 4) is 5.75 Å². The van der Waals surface area contributed by atoms with Crippen molar-refractivity contribution >= 4 is 11.6 Å². The zero-order chi connectivity index (χ0) is 18.5. The summed E-state index contributed by atoms with van der Waals surface area (Å²) in [5.41, 5.74) is 2.45. The first-order valence-corrected chi connectivity index (χ1v) is 10.4. The quantitative estimate of drug-likeness (QED) is 0.523. The van der Waals surface area contributed by atoms with Crippen LogP contribution in [0.4, 0.5) is 8.78 Å². The van der Waals surface area contributed by atoms with E-state index in [0.29, 0.717) is 5.92 Å². The number of halogens is 3. The van der Waals surface area contributed by atoms with E-state index in [1.165, 1.54) is 50.7 Å². The van der Waals surface area contributed by atoms with E-state index in [9.17, 15) is 8.78 Å². The maximum atomic E-state index is 14.1. The normalized spacial score (nSPS) is 29.8. The number of allylic oxidation sites excluding steroid dienone is 1. The molecule has 0 bridgehead atoms. The lowest BCUT2D eigenvalue weighted by Crippen LogP contribution is -2.25. The highest BCUT2D eigenvalue weighted by atomic mass is 35.5. The minimum atomic E-state index is -0.574. The van der Waals surface area contributed by atoms with E-state index in [-0.39, 0.29) is 18.3 Å². The summed E-state index contributed by atoms with van der Waals surface area (Å²) >= 11 is 5.70. The molecule has 144 valence electrons. The monoisotopic (exact) mass is 382 g/mol. The van der Waals surface area contributed by atoms with Crippen LogP contribution in [-0.2, 0) is 0 Å². The van der Waals surface area contributed by atoms with E-state index in [1.54, 1.807) is 12.5 Å². The van der Waals surface area contributed by atoms with Gasteiger partial charge in [-0.1, -0.05) is 17.7 Å². The van der Waals surface area contributed by atoms with Gasteiger partial charge in [0.05, 0.1) is 6.61 Å². The zero-order valence-electron chi connectivity index (χ0n) is 15.5. The zero-order valence-corrected chi connectivity index (χ0v) is 16.3. The van der Waals surface area contributed by atoms with Crippen molar-refractivity contribution in [1.82, 2.24) is 0 Å². The van der Waals surface area contributed by atoms with Crippen molar-refractivity contribution in [3.05, 3.63) is 40.9 Å². The van der Waals surface area contributed by atoms with E-state index >= 15 is 0 Å². The maximum absolute atomic E-state index is 14.1. The van der Waals surface area contributed by atoms with Crippen molar-refractivity contribution < 1.29 is 13.5 Å². The van der Waals surface area contributed by atoms with Gasteiger partial charge in [-0.15, -0.1) is 0 Å². The van der Waals surface area contributed by atoms with Crippen LogP contribution in [-0.4, -0.2) is 6.61 Å². The second-order valence-electron chi connectivity index (χ2n) is 7.85. The third-order valence-electron chi connectivity index (χ3n) is 6.38. The molecule has 0 atom stereocenters. The molecule has 2 aliphatic carbocycles. The van der Waals surface area contributed by atoms with Crippen molar-refractivity contribution in [2.45, 2.75) is 64.2 Å². The molecule has 0 spiro atoms. The summed E-state index contributed by atoms with van der Waals surface area (Å²) < 4.78 is 33.3. The largest absolute Gasteiger partial charge is 0.488 e. The Kier molecular flexibility index (Phi) is 6.97. The molecule has 0 N–H and O–H groups in total. The highest BCUT2D eigenvalue weighted by molar-refractivity contribution is 6.25. The SMILES string of the molecule is CCOc1c(F)cc(C2CCC([C@H]3CC[C@H](/C=C/Cl)CC3)CC2)cc1F. The first-order chi connectivity index (χ1) is 12.6. The van der Waals surface area contributed by atoms with Gasteiger partial charge in [-0.2, -0.15) is 0 Å². The number of ether oxygens (including phenoxy) is 1. The number of rotatable bonds is 5. The number of benzene rings is 1. The van der Waals surface area contributed by atoms with E-state index in [2.05, 4.69) is 6.08 Å². The third kappa shape index (κ3) is 4.60. The van der Waals surface area contributed by atoms with Crippen LogP contribution in [0.1, 0.15) is 69.8 Å². The highest BCUT2D eigenvalue weighted by Gasteiger charge is 2.31. The predicted octanol–water partition coefficient (Wildman–Crippen LogP) is 7.20. The fraction of sp³-hybridized carbons (Fsp3) is 0.636. The Morgan fingerprint density at radius 2 is 1.50 bits per heavy atom. The van der Waals surface area contributed by atoms with Crippen molar-refractivity contribution in [2.24, 2.45) is 17.8 Å². The summed E-state index contributed by atoms with van der Waals surface area (Å²) in [6.45, 7) is 1.99. The topological polar surface area (TPSA) is 9.23 Å². The Hall–Kier alpha value is -1.09. The van der Waals surface area contributed by atoms with Gasteiger partial charge in [0.1, 0.15) is 0 Å². The average Bonchev–Trinajstić information content (AvgIpc) is 2.66. The van der Waals surface area contributed by atoms with E-state index in [1.807, 2.05) is 0 Å². The van der Waals surface area contributed by atoms with Crippen LogP contribution in [0.2, 0.25) is 0 Å². The van der Waals surface area contributed by atoms with Crippen LogP contribution >= 0.6 is 11.6 Å². The summed E-state index contributed by atoms with van der Waals surface area (Å²) in [6, 6.07) is 2.95. The molecule has 1 nitrogen and oxygen atoms in total. The van der Waals surface area contributed by atoms with Crippen LogP contribution < -0.4 is 4.74 Å². The third-order valence-corrected chi connectivity index (χ3v) is 6.53. The van der Waals surface area contributed by atoms with Crippen LogP contribution in [0.15, 0.2) is 23.7 Å². The molecule has 0 saturated heterocycles. The fourth-order valence-electron chi connectivity index (χ4n) is 4.93. The molecule has 2 fully saturated rings. The molecular formula is C22H29ClF2O. The lowest BCUT2D eigenvalue weighted by molar-refractivity contribution is 0.171. The summed E-state index contributed by atoms with van der Waals surface area (Å²) in [6.07, 6.45) is 11.6.